The van der Waals surface area contributed by atoms with E-state index in [4.69, 9.17) is 16.6 Å². The number of hydrogen-bond donors (Lipinski definition) is 0. The zero-order valence-corrected chi connectivity index (χ0v) is 12.0. The number of piperidine rings is 1. The van der Waals surface area contributed by atoms with Crippen molar-refractivity contribution >= 4 is 28.3 Å². The number of alkyl halides is 1. The van der Waals surface area contributed by atoms with Gasteiger partial charge in [-0.15, -0.1) is 11.6 Å². The first kappa shape index (κ1) is 12.7. The summed E-state index contributed by atoms with van der Waals surface area (Å²) in [6, 6.07) is 11.0. The molecule has 1 fully saturated rings. The fourth-order valence-corrected chi connectivity index (χ4v) is 3.26. The van der Waals surface area contributed by atoms with Crippen LogP contribution in [0.1, 0.15) is 24.8 Å². The zero-order chi connectivity index (χ0) is 13.2. The number of benzene rings is 1. The lowest BCUT2D eigenvalue weighted by atomic mass is 10.0. The summed E-state index contributed by atoms with van der Waals surface area (Å²) in [5.41, 5.74) is 2.32. The maximum absolute atomic E-state index is 6.13. The third-order valence-electron chi connectivity index (χ3n) is 3.97. The number of para-hydroxylation sites is 1. The monoisotopic (exact) mass is 274 g/mol. The molecule has 19 heavy (non-hydrogen) atoms. The smallest absolute Gasteiger partial charge is 0.132 e. The van der Waals surface area contributed by atoms with E-state index in [0.717, 1.165) is 17.9 Å². The number of aryl methyl sites for hydroxylation is 1. The molecule has 0 bridgehead atoms. The van der Waals surface area contributed by atoms with Gasteiger partial charge < -0.3 is 4.90 Å². The van der Waals surface area contributed by atoms with Crippen LogP contribution in [0.2, 0.25) is 0 Å². The first-order valence-corrected chi connectivity index (χ1v) is 7.52. The van der Waals surface area contributed by atoms with E-state index >= 15 is 0 Å². The average molecular weight is 275 g/mol. The van der Waals surface area contributed by atoms with Gasteiger partial charge in [0.25, 0.3) is 0 Å². The number of rotatable bonds is 2. The highest BCUT2D eigenvalue weighted by Crippen LogP contribution is 2.28. The van der Waals surface area contributed by atoms with Crippen molar-refractivity contribution < 1.29 is 0 Å². The minimum absolute atomic E-state index is 0.433. The number of nitrogens with zero attached hydrogens (tertiary/aromatic N) is 2. The van der Waals surface area contributed by atoms with Crippen molar-refractivity contribution in [2.24, 2.45) is 0 Å². The molecule has 1 unspecified atom stereocenters. The fourth-order valence-electron chi connectivity index (χ4n) is 2.94. The van der Waals surface area contributed by atoms with E-state index in [1.807, 2.05) is 6.07 Å². The summed E-state index contributed by atoms with van der Waals surface area (Å²) >= 11 is 6.13. The molecule has 1 saturated heterocycles. The Bertz CT molecular complexity index is 582. The minimum atomic E-state index is 0.433. The first-order valence-electron chi connectivity index (χ1n) is 6.98. The van der Waals surface area contributed by atoms with Gasteiger partial charge >= 0.3 is 0 Å². The molecule has 0 radical (unpaired) electrons. The third-order valence-corrected chi connectivity index (χ3v) is 4.32. The molecule has 0 saturated carbocycles. The molecule has 2 nitrogen and oxygen atoms in total. The Morgan fingerprint density at radius 2 is 2.16 bits per heavy atom. The standard InChI is InChI=1S/C16H19ClN2/c1-12-10-13-6-2-3-8-15(13)18-16(12)19-9-5-4-7-14(19)11-17/h2-3,6,8,10,14H,4-5,7,9,11H2,1H3. The molecule has 0 aliphatic carbocycles. The van der Waals surface area contributed by atoms with E-state index in [2.05, 4.69) is 36.1 Å². The summed E-state index contributed by atoms with van der Waals surface area (Å²) in [7, 11) is 0. The predicted molar refractivity (Wildman–Crippen MR) is 82.2 cm³/mol. The molecule has 100 valence electrons. The van der Waals surface area contributed by atoms with Crippen LogP contribution in [-0.4, -0.2) is 23.5 Å². The van der Waals surface area contributed by atoms with Gasteiger partial charge in [0, 0.05) is 23.9 Å². The highest BCUT2D eigenvalue weighted by Gasteiger charge is 2.24. The van der Waals surface area contributed by atoms with Gasteiger partial charge in [-0.1, -0.05) is 18.2 Å². The Morgan fingerprint density at radius 3 is 3.00 bits per heavy atom. The van der Waals surface area contributed by atoms with Gasteiger partial charge in [-0.25, -0.2) is 4.98 Å². The quantitative estimate of drug-likeness (QED) is 0.765. The van der Waals surface area contributed by atoms with Crippen molar-refractivity contribution in [2.45, 2.75) is 32.2 Å². The largest absolute Gasteiger partial charge is 0.352 e. The Balaban J connectivity index is 2.05. The SMILES string of the molecule is Cc1cc2ccccc2nc1N1CCCCC1CCl. The molecule has 2 aromatic rings. The lowest BCUT2D eigenvalue weighted by Gasteiger charge is -2.36. The summed E-state index contributed by atoms with van der Waals surface area (Å²) in [6.45, 7) is 3.22. The lowest BCUT2D eigenvalue weighted by Crippen LogP contribution is -2.41. The van der Waals surface area contributed by atoms with Crippen LogP contribution in [0.4, 0.5) is 5.82 Å². The average Bonchev–Trinajstić information content (AvgIpc) is 2.46. The second kappa shape index (κ2) is 5.38. The molecule has 0 amide bonds. The maximum Gasteiger partial charge on any atom is 0.132 e. The molecule has 1 atom stereocenters. The molecule has 1 aliphatic rings. The predicted octanol–water partition coefficient (Wildman–Crippen LogP) is 4.14. The molecule has 3 heteroatoms. The van der Waals surface area contributed by atoms with Crippen molar-refractivity contribution in [3.63, 3.8) is 0 Å². The van der Waals surface area contributed by atoms with Crippen LogP contribution >= 0.6 is 11.6 Å². The summed E-state index contributed by atoms with van der Waals surface area (Å²) in [5, 5.41) is 1.21. The van der Waals surface area contributed by atoms with Crippen molar-refractivity contribution in [1.29, 1.82) is 0 Å². The molecule has 3 rings (SSSR count). The molecule has 1 aliphatic heterocycles. The molecule has 0 spiro atoms. The molecule has 1 aromatic heterocycles. The van der Waals surface area contributed by atoms with Gasteiger partial charge in [0.2, 0.25) is 0 Å². The first-order chi connectivity index (χ1) is 9.29. The highest BCUT2D eigenvalue weighted by atomic mass is 35.5. The van der Waals surface area contributed by atoms with Crippen LogP contribution in [0.25, 0.3) is 10.9 Å². The second-order valence-corrected chi connectivity index (χ2v) is 5.63. The van der Waals surface area contributed by atoms with Crippen LogP contribution < -0.4 is 4.90 Å². The fraction of sp³-hybridized carbons (Fsp3) is 0.438. The number of aromatic nitrogens is 1. The second-order valence-electron chi connectivity index (χ2n) is 5.32. The normalized spacial score (nSPS) is 19.9. The van der Waals surface area contributed by atoms with Gasteiger partial charge in [0.05, 0.1) is 5.52 Å². The summed E-state index contributed by atoms with van der Waals surface area (Å²) in [5.74, 6) is 1.80. The number of pyridine rings is 1. The lowest BCUT2D eigenvalue weighted by molar-refractivity contribution is 0.484. The maximum atomic E-state index is 6.13. The van der Waals surface area contributed by atoms with Gasteiger partial charge in [-0.2, -0.15) is 0 Å². The van der Waals surface area contributed by atoms with E-state index in [0.29, 0.717) is 11.9 Å². The number of fused-ring (bicyclic) bond motifs is 1. The van der Waals surface area contributed by atoms with Crippen LogP contribution in [0.3, 0.4) is 0 Å². The summed E-state index contributed by atoms with van der Waals surface area (Å²) < 4.78 is 0. The number of hydrogen-bond acceptors (Lipinski definition) is 2. The van der Waals surface area contributed by atoms with E-state index in [-0.39, 0.29) is 0 Å². The topological polar surface area (TPSA) is 16.1 Å². The van der Waals surface area contributed by atoms with E-state index in [9.17, 15) is 0 Å². The molecular weight excluding hydrogens is 256 g/mol. The molecule has 2 heterocycles. The van der Waals surface area contributed by atoms with E-state index < -0.39 is 0 Å². The van der Waals surface area contributed by atoms with Crippen LogP contribution in [0.15, 0.2) is 30.3 Å². The van der Waals surface area contributed by atoms with Gasteiger partial charge in [-0.3, -0.25) is 0 Å². The Morgan fingerprint density at radius 1 is 1.32 bits per heavy atom. The van der Waals surface area contributed by atoms with Gasteiger partial charge in [-0.05, 0) is 43.9 Å². The zero-order valence-electron chi connectivity index (χ0n) is 11.3. The Labute approximate surface area is 119 Å². The van der Waals surface area contributed by atoms with Gasteiger partial charge in [0.1, 0.15) is 5.82 Å². The molecule has 1 aromatic carbocycles. The van der Waals surface area contributed by atoms with Crippen molar-refractivity contribution in [3.05, 3.63) is 35.9 Å². The van der Waals surface area contributed by atoms with Crippen LogP contribution in [0.5, 0.6) is 0 Å². The molecular formula is C16H19ClN2. The summed E-state index contributed by atoms with van der Waals surface area (Å²) in [4.78, 5) is 7.26. The Kier molecular flexibility index (Phi) is 3.61. The molecule has 0 N–H and O–H groups in total. The van der Waals surface area contributed by atoms with E-state index in [1.54, 1.807) is 0 Å². The van der Waals surface area contributed by atoms with E-state index in [1.165, 1.54) is 30.2 Å². The minimum Gasteiger partial charge on any atom is -0.352 e. The van der Waals surface area contributed by atoms with Gasteiger partial charge in [0.15, 0.2) is 0 Å². The third kappa shape index (κ3) is 2.42. The van der Waals surface area contributed by atoms with Crippen molar-refractivity contribution in [3.8, 4) is 0 Å². The van der Waals surface area contributed by atoms with Crippen molar-refractivity contribution in [2.75, 3.05) is 17.3 Å². The Hall–Kier alpha value is -1.28. The number of anilines is 1. The van der Waals surface area contributed by atoms with Crippen LogP contribution in [0, 0.1) is 6.92 Å². The highest BCUT2D eigenvalue weighted by molar-refractivity contribution is 6.18. The summed E-state index contributed by atoms with van der Waals surface area (Å²) in [6.07, 6.45) is 3.69. The van der Waals surface area contributed by atoms with Crippen LogP contribution in [-0.2, 0) is 0 Å². The van der Waals surface area contributed by atoms with Crippen molar-refractivity contribution in [1.82, 2.24) is 4.98 Å². The number of halogens is 1.